The molecule has 1 saturated carbocycles. The number of hydrogen-bond acceptors (Lipinski definition) is 1. The number of carboxylic acids is 1. The van der Waals surface area contributed by atoms with Gasteiger partial charge < -0.3 is 5.11 Å². The molecule has 0 amide bonds. The lowest BCUT2D eigenvalue weighted by Gasteiger charge is -2.12. The highest BCUT2D eigenvalue weighted by Gasteiger charge is 2.65. The third kappa shape index (κ3) is 1.43. The summed E-state index contributed by atoms with van der Waals surface area (Å²) in [6.07, 6.45) is 2.23. The average Bonchev–Trinajstić information content (AvgIpc) is 2.68. The van der Waals surface area contributed by atoms with E-state index in [1.54, 1.807) is 0 Å². The van der Waals surface area contributed by atoms with E-state index in [1.807, 2.05) is 0 Å². The number of fused-ring (bicyclic) bond motifs is 1. The van der Waals surface area contributed by atoms with Gasteiger partial charge in [0.15, 0.2) is 0 Å². The van der Waals surface area contributed by atoms with E-state index in [1.165, 1.54) is 11.1 Å². The molecule has 1 fully saturated rings. The van der Waals surface area contributed by atoms with Crippen molar-refractivity contribution in [1.82, 2.24) is 0 Å². The minimum absolute atomic E-state index is 0.0338. The van der Waals surface area contributed by atoms with Gasteiger partial charge in [0.05, 0.1) is 5.92 Å². The first-order valence-corrected chi connectivity index (χ1v) is 6.34. The first-order valence-electron chi connectivity index (χ1n) is 6.34. The Bertz CT molecular complexity index is 476. The van der Waals surface area contributed by atoms with Gasteiger partial charge in [-0.1, -0.05) is 38.1 Å². The molecule has 3 atom stereocenters. The summed E-state index contributed by atoms with van der Waals surface area (Å²) in [6.45, 7) is 4.19. The second-order valence-electron chi connectivity index (χ2n) is 6.01. The Balaban J connectivity index is 1.92. The molecule has 0 bridgehead atoms. The largest absolute Gasteiger partial charge is 0.481 e. The molecule has 3 unspecified atom stereocenters. The second kappa shape index (κ2) is 3.34. The number of rotatable bonds is 2. The molecule has 0 spiro atoms. The number of carboxylic acid groups (broad SMARTS) is 1. The van der Waals surface area contributed by atoms with Crippen LogP contribution in [0.4, 0.5) is 0 Å². The van der Waals surface area contributed by atoms with Crippen molar-refractivity contribution in [2.24, 2.45) is 17.3 Å². The van der Waals surface area contributed by atoms with E-state index < -0.39 is 5.97 Å². The lowest BCUT2D eigenvalue weighted by molar-refractivity contribution is -0.139. The molecule has 2 heteroatoms. The lowest BCUT2D eigenvalue weighted by Crippen LogP contribution is -2.04. The Labute approximate surface area is 102 Å². The molecule has 2 nitrogen and oxygen atoms in total. The van der Waals surface area contributed by atoms with E-state index in [0.29, 0.717) is 11.8 Å². The molecule has 0 saturated heterocycles. The molecule has 0 heterocycles. The van der Waals surface area contributed by atoms with Crippen LogP contribution in [0.3, 0.4) is 0 Å². The lowest BCUT2D eigenvalue weighted by atomic mass is 9.91. The van der Waals surface area contributed by atoms with Gasteiger partial charge in [-0.05, 0) is 41.2 Å². The summed E-state index contributed by atoms with van der Waals surface area (Å²) in [7, 11) is 0. The van der Waals surface area contributed by atoms with Crippen molar-refractivity contribution in [2.75, 3.05) is 0 Å². The summed E-state index contributed by atoms with van der Waals surface area (Å²) in [5.41, 5.74) is 2.78. The zero-order valence-corrected chi connectivity index (χ0v) is 10.3. The SMILES string of the molecule is CC1(C)C(C(=O)O)C1C1CCc2ccccc21. The molecule has 3 rings (SSSR count). The van der Waals surface area contributed by atoms with E-state index in [4.69, 9.17) is 0 Å². The minimum Gasteiger partial charge on any atom is -0.481 e. The molecule has 2 aliphatic rings. The van der Waals surface area contributed by atoms with E-state index in [-0.39, 0.29) is 11.3 Å². The van der Waals surface area contributed by atoms with Crippen LogP contribution in [0, 0.1) is 17.3 Å². The van der Waals surface area contributed by atoms with Crippen LogP contribution >= 0.6 is 0 Å². The quantitative estimate of drug-likeness (QED) is 0.847. The van der Waals surface area contributed by atoms with Gasteiger partial charge in [-0.3, -0.25) is 4.79 Å². The molecule has 1 N–H and O–H groups in total. The van der Waals surface area contributed by atoms with Crippen LogP contribution in [0.1, 0.15) is 37.3 Å². The maximum Gasteiger partial charge on any atom is 0.307 e. The number of aliphatic carboxylic acids is 1. The first kappa shape index (κ1) is 10.8. The fourth-order valence-corrected chi connectivity index (χ4v) is 3.86. The zero-order valence-electron chi connectivity index (χ0n) is 10.3. The second-order valence-corrected chi connectivity index (χ2v) is 6.01. The van der Waals surface area contributed by atoms with Crippen molar-refractivity contribution in [3.05, 3.63) is 35.4 Å². The number of carbonyl (C=O) groups is 1. The van der Waals surface area contributed by atoms with Gasteiger partial charge in [0.1, 0.15) is 0 Å². The molecule has 1 aromatic carbocycles. The van der Waals surface area contributed by atoms with Crippen LogP contribution < -0.4 is 0 Å². The van der Waals surface area contributed by atoms with Gasteiger partial charge in [-0.15, -0.1) is 0 Å². The smallest absolute Gasteiger partial charge is 0.307 e. The van der Waals surface area contributed by atoms with Crippen molar-refractivity contribution in [3.8, 4) is 0 Å². The van der Waals surface area contributed by atoms with Crippen molar-refractivity contribution >= 4 is 5.97 Å². The van der Waals surface area contributed by atoms with Crippen LogP contribution in [0.2, 0.25) is 0 Å². The monoisotopic (exact) mass is 230 g/mol. The highest BCUT2D eigenvalue weighted by Crippen LogP contribution is 2.66. The molecule has 1 aromatic rings. The molecular formula is C15H18O2. The van der Waals surface area contributed by atoms with Crippen molar-refractivity contribution < 1.29 is 9.90 Å². The van der Waals surface area contributed by atoms with E-state index in [2.05, 4.69) is 38.1 Å². The normalized spacial score (nSPS) is 33.2. The molecule has 0 radical (unpaired) electrons. The number of aryl methyl sites for hydroxylation is 1. The van der Waals surface area contributed by atoms with Gasteiger partial charge >= 0.3 is 5.97 Å². The van der Waals surface area contributed by atoms with Crippen molar-refractivity contribution in [2.45, 2.75) is 32.6 Å². The first-order chi connectivity index (χ1) is 8.03. The Morgan fingerprint density at radius 1 is 1.35 bits per heavy atom. The predicted octanol–water partition coefficient (Wildman–Crippen LogP) is 3.07. The fraction of sp³-hybridized carbons (Fsp3) is 0.533. The van der Waals surface area contributed by atoms with E-state index >= 15 is 0 Å². The topological polar surface area (TPSA) is 37.3 Å². The van der Waals surface area contributed by atoms with Crippen LogP contribution in [0.5, 0.6) is 0 Å². The highest BCUT2D eigenvalue weighted by atomic mass is 16.4. The Morgan fingerprint density at radius 2 is 2.06 bits per heavy atom. The Hall–Kier alpha value is -1.31. The van der Waals surface area contributed by atoms with Crippen LogP contribution in [-0.2, 0) is 11.2 Å². The van der Waals surface area contributed by atoms with Gasteiger partial charge in [0.25, 0.3) is 0 Å². The average molecular weight is 230 g/mol. The van der Waals surface area contributed by atoms with Crippen molar-refractivity contribution in [1.29, 1.82) is 0 Å². The highest BCUT2D eigenvalue weighted by molar-refractivity contribution is 5.76. The summed E-state index contributed by atoms with van der Waals surface area (Å²) < 4.78 is 0. The maximum absolute atomic E-state index is 11.3. The van der Waals surface area contributed by atoms with Crippen LogP contribution in [-0.4, -0.2) is 11.1 Å². The molecule has 17 heavy (non-hydrogen) atoms. The molecule has 0 aromatic heterocycles. The van der Waals surface area contributed by atoms with Gasteiger partial charge in [-0.2, -0.15) is 0 Å². The third-order valence-electron chi connectivity index (χ3n) is 4.79. The van der Waals surface area contributed by atoms with Crippen LogP contribution in [0.15, 0.2) is 24.3 Å². The summed E-state index contributed by atoms with van der Waals surface area (Å²) in [5, 5.41) is 9.27. The molecule has 0 aliphatic heterocycles. The van der Waals surface area contributed by atoms with Gasteiger partial charge in [0, 0.05) is 0 Å². The minimum atomic E-state index is -0.621. The van der Waals surface area contributed by atoms with Crippen LogP contribution in [0.25, 0.3) is 0 Å². The van der Waals surface area contributed by atoms with Gasteiger partial charge in [0.2, 0.25) is 0 Å². The third-order valence-corrected chi connectivity index (χ3v) is 4.79. The predicted molar refractivity (Wildman–Crippen MR) is 65.9 cm³/mol. The summed E-state index contributed by atoms with van der Waals surface area (Å²) in [6, 6.07) is 8.51. The molecule has 2 aliphatic carbocycles. The van der Waals surface area contributed by atoms with Gasteiger partial charge in [-0.25, -0.2) is 0 Å². The molecule has 90 valence electrons. The Kier molecular flexibility index (Phi) is 2.13. The summed E-state index contributed by atoms with van der Waals surface area (Å²) >= 11 is 0. The number of hydrogen-bond donors (Lipinski definition) is 1. The standard InChI is InChI=1S/C15H18O2/c1-15(2)12(13(15)14(16)17)11-8-7-9-5-3-4-6-10(9)11/h3-6,11-13H,7-8H2,1-2H3,(H,16,17). The maximum atomic E-state index is 11.3. The van der Waals surface area contributed by atoms with Crippen molar-refractivity contribution in [3.63, 3.8) is 0 Å². The zero-order chi connectivity index (χ0) is 12.2. The summed E-state index contributed by atoms with van der Waals surface area (Å²) in [4.78, 5) is 11.3. The summed E-state index contributed by atoms with van der Waals surface area (Å²) in [5.74, 6) is 0.00832. The Morgan fingerprint density at radius 3 is 2.71 bits per heavy atom. The van der Waals surface area contributed by atoms with E-state index in [9.17, 15) is 9.90 Å². The number of benzene rings is 1. The molecular weight excluding hydrogens is 212 g/mol. The van der Waals surface area contributed by atoms with E-state index in [0.717, 1.165) is 12.8 Å². The fourth-order valence-electron chi connectivity index (χ4n) is 3.86.